The minimum absolute atomic E-state index is 0.0190. The van der Waals surface area contributed by atoms with Crippen LogP contribution in [0.15, 0.2) is 18.2 Å². The van der Waals surface area contributed by atoms with Crippen molar-refractivity contribution in [2.75, 3.05) is 18.1 Å². The van der Waals surface area contributed by atoms with Gasteiger partial charge in [-0.3, -0.25) is 4.79 Å². The van der Waals surface area contributed by atoms with Gasteiger partial charge < -0.3 is 15.4 Å². The first-order valence-electron chi connectivity index (χ1n) is 7.82. The first-order chi connectivity index (χ1) is 10.3. The Morgan fingerprint density at radius 2 is 2.23 bits per heavy atom. The molecule has 1 saturated carbocycles. The largest absolute Gasteiger partial charge is 0.378 e. The maximum absolute atomic E-state index is 13.1. The number of hydrogen-bond acceptors (Lipinski definition) is 3. The quantitative estimate of drug-likeness (QED) is 0.931. The summed E-state index contributed by atoms with van der Waals surface area (Å²) in [6, 6.07) is 5.71. The molecule has 4 nitrogen and oxygen atoms in total. The maximum atomic E-state index is 13.1. The molecule has 5 heteroatoms. The van der Waals surface area contributed by atoms with E-state index >= 15 is 0 Å². The van der Waals surface area contributed by atoms with Gasteiger partial charge in [0.25, 0.3) is 0 Å². The molecule has 3 rings (SSSR count). The van der Waals surface area contributed by atoms with Gasteiger partial charge in [-0.05, 0) is 31.0 Å². The molecule has 0 aromatic heterocycles. The van der Waals surface area contributed by atoms with E-state index < -0.39 is 5.54 Å². The Balaban J connectivity index is 1.86. The second kappa shape index (κ2) is 5.22. The molecule has 2 atom stereocenters. The molecule has 0 radical (unpaired) electrons. The Morgan fingerprint density at radius 3 is 2.86 bits per heavy atom. The number of carbonyl (C=O) groups excluding carboxylic acids is 1. The van der Waals surface area contributed by atoms with Crippen molar-refractivity contribution in [3.63, 3.8) is 0 Å². The number of amides is 1. The summed E-state index contributed by atoms with van der Waals surface area (Å²) in [4.78, 5) is 14.9. The third-order valence-corrected chi connectivity index (χ3v) is 5.63. The van der Waals surface area contributed by atoms with Crippen molar-refractivity contribution in [3.05, 3.63) is 28.8 Å². The minimum Gasteiger partial charge on any atom is -0.378 e. The summed E-state index contributed by atoms with van der Waals surface area (Å²) < 4.78 is 5.72. The normalized spacial score (nSPS) is 29.1. The highest BCUT2D eigenvalue weighted by Crippen LogP contribution is 2.51. The molecular weight excluding hydrogens is 300 g/mol. The van der Waals surface area contributed by atoms with Crippen LogP contribution >= 0.6 is 11.6 Å². The Morgan fingerprint density at radius 1 is 1.50 bits per heavy atom. The number of rotatable bonds is 3. The van der Waals surface area contributed by atoms with Gasteiger partial charge in [0.2, 0.25) is 5.91 Å². The average molecular weight is 323 g/mol. The van der Waals surface area contributed by atoms with Crippen LogP contribution in [0, 0.1) is 5.41 Å². The third kappa shape index (κ3) is 2.08. The molecule has 1 aliphatic heterocycles. The van der Waals surface area contributed by atoms with Crippen LogP contribution < -0.4 is 10.6 Å². The summed E-state index contributed by atoms with van der Waals surface area (Å²) in [7, 11) is 0. The molecular formula is C17H23ClN2O2. The van der Waals surface area contributed by atoms with Gasteiger partial charge in [-0.2, -0.15) is 0 Å². The summed E-state index contributed by atoms with van der Waals surface area (Å²) in [6.45, 7) is 7.31. The molecule has 2 aliphatic rings. The molecule has 0 bridgehead atoms. The molecule has 1 aromatic rings. The summed E-state index contributed by atoms with van der Waals surface area (Å²) in [5, 5.41) is 0.643. The monoisotopic (exact) mass is 322 g/mol. The highest BCUT2D eigenvalue weighted by Gasteiger charge is 2.64. The standard InChI is InChI=1S/C17H23ClN2O2/c1-4-22-14-10-17(19,16(14,2)3)15(21)20-8-7-11-5-6-12(18)9-13(11)20/h5-6,9,14H,4,7-8,10,19H2,1-3H3. The predicted octanol–water partition coefficient (Wildman–Crippen LogP) is 2.76. The topological polar surface area (TPSA) is 55.6 Å². The lowest BCUT2D eigenvalue weighted by Gasteiger charge is -2.58. The van der Waals surface area contributed by atoms with Crippen LogP contribution in [0.25, 0.3) is 0 Å². The lowest BCUT2D eigenvalue weighted by Crippen LogP contribution is -2.76. The van der Waals surface area contributed by atoms with Gasteiger partial charge >= 0.3 is 0 Å². The molecule has 0 saturated heterocycles. The summed E-state index contributed by atoms with van der Waals surface area (Å²) in [5.74, 6) is -0.0190. The van der Waals surface area contributed by atoms with Gasteiger partial charge in [0, 0.05) is 35.7 Å². The van der Waals surface area contributed by atoms with E-state index in [4.69, 9.17) is 22.1 Å². The van der Waals surface area contributed by atoms with Gasteiger partial charge in [-0.15, -0.1) is 0 Å². The number of fused-ring (bicyclic) bond motifs is 1. The molecule has 1 aliphatic carbocycles. The van der Waals surface area contributed by atoms with Crippen molar-refractivity contribution in [3.8, 4) is 0 Å². The summed E-state index contributed by atoms with van der Waals surface area (Å²) in [5.41, 5.74) is 7.32. The highest BCUT2D eigenvalue weighted by molar-refractivity contribution is 6.31. The zero-order valence-corrected chi connectivity index (χ0v) is 14.1. The van der Waals surface area contributed by atoms with Gasteiger partial charge in [-0.25, -0.2) is 0 Å². The van der Waals surface area contributed by atoms with Crippen molar-refractivity contribution < 1.29 is 9.53 Å². The number of hydrogen-bond donors (Lipinski definition) is 1. The van der Waals surface area contributed by atoms with Gasteiger partial charge in [-0.1, -0.05) is 31.5 Å². The van der Waals surface area contributed by atoms with Crippen molar-refractivity contribution >= 4 is 23.2 Å². The van der Waals surface area contributed by atoms with Gasteiger partial charge in [0.15, 0.2) is 0 Å². The predicted molar refractivity (Wildman–Crippen MR) is 88.2 cm³/mol. The number of nitrogens with zero attached hydrogens (tertiary/aromatic N) is 1. The summed E-state index contributed by atoms with van der Waals surface area (Å²) in [6.07, 6.45) is 1.45. The molecule has 1 heterocycles. The fraction of sp³-hybridized carbons (Fsp3) is 0.588. The van der Waals surface area contributed by atoms with Crippen LogP contribution in [0.5, 0.6) is 0 Å². The zero-order valence-electron chi connectivity index (χ0n) is 13.4. The van der Waals surface area contributed by atoms with Crippen molar-refractivity contribution in [2.45, 2.75) is 45.3 Å². The Hall–Kier alpha value is -1.10. The Bertz CT molecular complexity index is 617. The Kier molecular flexibility index (Phi) is 3.75. The lowest BCUT2D eigenvalue weighted by atomic mass is 9.54. The number of ether oxygens (including phenoxy) is 1. The molecule has 1 aromatic carbocycles. The highest BCUT2D eigenvalue weighted by atomic mass is 35.5. The third-order valence-electron chi connectivity index (χ3n) is 5.40. The lowest BCUT2D eigenvalue weighted by molar-refractivity contribution is -0.168. The van der Waals surface area contributed by atoms with Crippen LogP contribution in [-0.4, -0.2) is 30.7 Å². The van der Waals surface area contributed by atoms with Crippen molar-refractivity contribution in [2.24, 2.45) is 11.1 Å². The van der Waals surface area contributed by atoms with E-state index in [9.17, 15) is 4.79 Å². The van der Waals surface area contributed by atoms with E-state index in [1.54, 1.807) is 4.90 Å². The maximum Gasteiger partial charge on any atom is 0.247 e. The van der Waals surface area contributed by atoms with E-state index in [0.717, 1.165) is 17.7 Å². The second-order valence-corrected chi connectivity index (χ2v) is 7.26. The average Bonchev–Trinajstić information content (AvgIpc) is 2.88. The van der Waals surface area contributed by atoms with Crippen LogP contribution in [0.4, 0.5) is 5.69 Å². The first kappa shape index (κ1) is 15.8. The molecule has 1 fully saturated rings. The molecule has 120 valence electrons. The molecule has 2 unspecified atom stereocenters. The zero-order chi connectivity index (χ0) is 16.1. The number of benzene rings is 1. The number of carbonyl (C=O) groups is 1. The van der Waals surface area contributed by atoms with Crippen LogP contribution in [0.2, 0.25) is 5.02 Å². The van der Waals surface area contributed by atoms with Crippen molar-refractivity contribution in [1.82, 2.24) is 0 Å². The van der Waals surface area contributed by atoms with Gasteiger partial charge in [0.1, 0.15) is 5.54 Å². The molecule has 2 N–H and O–H groups in total. The smallest absolute Gasteiger partial charge is 0.247 e. The van der Waals surface area contributed by atoms with E-state index in [2.05, 4.69) is 0 Å². The van der Waals surface area contributed by atoms with E-state index in [1.165, 1.54) is 0 Å². The van der Waals surface area contributed by atoms with Crippen LogP contribution in [0.3, 0.4) is 0 Å². The summed E-state index contributed by atoms with van der Waals surface area (Å²) >= 11 is 6.09. The van der Waals surface area contributed by atoms with E-state index in [0.29, 0.717) is 24.6 Å². The van der Waals surface area contributed by atoms with Crippen molar-refractivity contribution in [1.29, 1.82) is 0 Å². The Labute approximate surface area is 136 Å². The second-order valence-electron chi connectivity index (χ2n) is 6.82. The van der Waals surface area contributed by atoms with Crippen LogP contribution in [-0.2, 0) is 16.0 Å². The number of nitrogens with two attached hydrogens (primary N) is 1. The van der Waals surface area contributed by atoms with Gasteiger partial charge in [0.05, 0.1) is 6.10 Å². The van der Waals surface area contributed by atoms with E-state index in [1.807, 2.05) is 39.0 Å². The fourth-order valence-electron chi connectivity index (χ4n) is 3.60. The fourth-order valence-corrected chi connectivity index (χ4v) is 3.77. The molecule has 0 spiro atoms. The SMILES string of the molecule is CCOC1CC(N)(C(=O)N2CCc3ccc(Cl)cc32)C1(C)C. The molecule has 1 amide bonds. The number of anilines is 1. The van der Waals surface area contributed by atoms with E-state index in [-0.39, 0.29) is 17.4 Å². The molecule has 22 heavy (non-hydrogen) atoms. The minimum atomic E-state index is -0.878. The first-order valence-corrected chi connectivity index (χ1v) is 8.20. The van der Waals surface area contributed by atoms with Crippen LogP contribution in [0.1, 0.15) is 32.8 Å². The number of halogens is 1.